The number of nitrogens with zero attached hydrogens (tertiary/aromatic N) is 3. The molecule has 0 spiro atoms. The van der Waals surface area contributed by atoms with Crippen LogP contribution < -0.4 is 20.7 Å². The number of aliphatic hydroxyl groups excluding tert-OH is 1. The third-order valence-corrected chi connectivity index (χ3v) is 5.32. The van der Waals surface area contributed by atoms with Crippen LogP contribution in [0.4, 0.5) is 29.9 Å². The van der Waals surface area contributed by atoms with E-state index in [4.69, 9.17) is 4.74 Å². The van der Waals surface area contributed by atoms with Crippen molar-refractivity contribution in [2.75, 3.05) is 37.5 Å². The molecule has 0 radical (unpaired) electrons. The highest BCUT2D eigenvalue weighted by atomic mass is 19.1. The maximum atomic E-state index is 14.7. The molecule has 0 fully saturated rings. The van der Waals surface area contributed by atoms with E-state index in [2.05, 4.69) is 35.6 Å². The molecule has 1 aromatic carbocycles. The summed E-state index contributed by atoms with van der Waals surface area (Å²) in [7, 11) is 1.22. The molecule has 208 valence electrons. The fourth-order valence-electron chi connectivity index (χ4n) is 3.39. The number of nitrogens with one attached hydrogen (secondary N) is 3. The van der Waals surface area contributed by atoms with E-state index in [0.717, 1.165) is 0 Å². The van der Waals surface area contributed by atoms with Gasteiger partial charge in [-0.1, -0.05) is 0 Å². The number of methoxy groups -OCH3 is 1. The smallest absolute Gasteiger partial charge is 0.412 e. The zero-order valence-corrected chi connectivity index (χ0v) is 22.0. The first kappa shape index (κ1) is 29.2. The molecule has 0 bridgehead atoms. The lowest BCUT2D eigenvalue weighted by atomic mass is 10.0. The molecule has 13 heteroatoms. The summed E-state index contributed by atoms with van der Waals surface area (Å²) < 4.78 is 38.5. The molecule has 0 aliphatic rings. The number of hydrogen-bond acceptors (Lipinski definition) is 8. The van der Waals surface area contributed by atoms with Gasteiger partial charge < -0.3 is 25.2 Å². The molecule has 3 aromatic rings. The van der Waals surface area contributed by atoms with Gasteiger partial charge in [0.1, 0.15) is 23.9 Å². The van der Waals surface area contributed by atoms with Crippen molar-refractivity contribution in [3.8, 4) is 28.5 Å². The Morgan fingerprint density at radius 3 is 2.59 bits per heavy atom. The number of aliphatic hydroxyl groups is 1. The van der Waals surface area contributed by atoms with E-state index >= 15 is 0 Å². The molecule has 3 amide bonds. The number of ether oxygens (including phenoxy) is 2. The van der Waals surface area contributed by atoms with Gasteiger partial charge >= 0.3 is 12.1 Å². The number of alkyl halides is 1. The standard InChI is InChI=1S/C26H30F2N6O5/c1-15-11-18(27)20(32-24(36)30-8-6-26(2,3)28)13-17(15)19-14-22(39-10-9-35)34-23(31-19)16-5-7-29-21(12-16)33-25(37)38-4/h5,7,11-14,35H,6,8-10H2,1-4H3,(H,29,33,37)(H2,30,32,36). The Morgan fingerprint density at radius 1 is 1.13 bits per heavy atom. The first-order valence-corrected chi connectivity index (χ1v) is 12.0. The summed E-state index contributed by atoms with van der Waals surface area (Å²) in [6.45, 7) is 4.24. The van der Waals surface area contributed by atoms with Crippen LogP contribution in [0.25, 0.3) is 22.6 Å². The summed E-state index contributed by atoms with van der Waals surface area (Å²) in [6.07, 6.45) is 0.827. The molecule has 0 aliphatic carbocycles. The zero-order valence-electron chi connectivity index (χ0n) is 22.0. The predicted octanol–water partition coefficient (Wildman–Crippen LogP) is 4.46. The van der Waals surface area contributed by atoms with Gasteiger partial charge in [0.15, 0.2) is 5.82 Å². The fraction of sp³-hybridized carbons (Fsp3) is 0.346. The molecule has 3 rings (SSSR count). The Balaban J connectivity index is 1.97. The second kappa shape index (κ2) is 12.9. The molecule has 0 saturated heterocycles. The maximum absolute atomic E-state index is 14.7. The zero-order chi connectivity index (χ0) is 28.6. The minimum absolute atomic E-state index is 0.0353. The minimum Gasteiger partial charge on any atom is -0.475 e. The largest absolute Gasteiger partial charge is 0.475 e. The van der Waals surface area contributed by atoms with Crippen molar-refractivity contribution in [3.05, 3.63) is 47.9 Å². The lowest BCUT2D eigenvalue weighted by Crippen LogP contribution is -2.32. The Hall–Kier alpha value is -4.39. The highest BCUT2D eigenvalue weighted by Gasteiger charge is 2.18. The Bertz CT molecular complexity index is 1330. The van der Waals surface area contributed by atoms with Gasteiger partial charge in [-0.05, 0) is 57.0 Å². The van der Waals surface area contributed by atoms with E-state index in [1.165, 1.54) is 51.4 Å². The summed E-state index contributed by atoms with van der Waals surface area (Å²) in [6, 6.07) is 6.63. The number of aryl methyl sites for hydroxylation is 1. The first-order valence-electron chi connectivity index (χ1n) is 12.0. The molecule has 0 atom stereocenters. The van der Waals surface area contributed by atoms with E-state index in [0.29, 0.717) is 22.4 Å². The fourth-order valence-corrected chi connectivity index (χ4v) is 3.39. The number of carbonyl (C=O) groups is 2. The van der Waals surface area contributed by atoms with Gasteiger partial charge in [-0.15, -0.1) is 0 Å². The van der Waals surface area contributed by atoms with E-state index in [1.54, 1.807) is 13.0 Å². The van der Waals surface area contributed by atoms with E-state index in [9.17, 15) is 23.5 Å². The number of halogens is 2. The highest BCUT2D eigenvalue weighted by molar-refractivity contribution is 5.90. The van der Waals surface area contributed by atoms with Gasteiger partial charge in [0.2, 0.25) is 5.88 Å². The van der Waals surface area contributed by atoms with Crippen molar-refractivity contribution in [2.45, 2.75) is 32.9 Å². The number of urea groups is 1. The SMILES string of the molecule is COC(=O)Nc1cc(-c2nc(OCCO)cc(-c3cc(NC(=O)NCCC(C)(C)F)c(F)cc3C)n2)ccn1. The first-order chi connectivity index (χ1) is 18.5. The molecule has 2 aromatic heterocycles. The van der Waals surface area contributed by atoms with Crippen molar-refractivity contribution in [1.29, 1.82) is 0 Å². The highest BCUT2D eigenvalue weighted by Crippen LogP contribution is 2.31. The number of rotatable bonds is 10. The summed E-state index contributed by atoms with van der Waals surface area (Å²) in [5.74, 6) is -0.151. The monoisotopic (exact) mass is 544 g/mol. The van der Waals surface area contributed by atoms with Crippen molar-refractivity contribution < 1.29 is 33.0 Å². The molecular weight excluding hydrogens is 514 g/mol. The summed E-state index contributed by atoms with van der Waals surface area (Å²) >= 11 is 0. The Labute approximate surface area is 224 Å². The summed E-state index contributed by atoms with van der Waals surface area (Å²) in [5, 5.41) is 16.6. The molecule has 39 heavy (non-hydrogen) atoms. The Kier molecular flexibility index (Phi) is 9.66. The molecular formula is C26H30F2N6O5. The average Bonchev–Trinajstić information content (AvgIpc) is 2.88. The van der Waals surface area contributed by atoms with Crippen LogP contribution in [0, 0.1) is 12.7 Å². The van der Waals surface area contributed by atoms with Crippen molar-refractivity contribution in [2.24, 2.45) is 0 Å². The van der Waals surface area contributed by atoms with Crippen molar-refractivity contribution in [3.63, 3.8) is 0 Å². The van der Waals surface area contributed by atoms with Crippen LogP contribution in [0.5, 0.6) is 5.88 Å². The number of carbonyl (C=O) groups excluding carboxylic acids is 2. The molecule has 0 unspecified atom stereocenters. The van der Waals surface area contributed by atoms with Gasteiger partial charge in [-0.3, -0.25) is 5.32 Å². The quantitative estimate of drug-likeness (QED) is 0.292. The van der Waals surface area contributed by atoms with Crippen LogP contribution >= 0.6 is 0 Å². The second-order valence-electron chi connectivity index (χ2n) is 9.03. The van der Waals surface area contributed by atoms with Gasteiger partial charge in [0.25, 0.3) is 0 Å². The molecule has 0 aliphatic heterocycles. The number of amides is 3. The number of anilines is 2. The third kappa shape index (κ3) is 8.57. The van der Waals surface area contributed by atoms with Crippen LogP contribution in [0.3, 0.4) is 0 Å². The normalized spacial score (nSPS) is 11.1. The number of pyridine rings is 1. The lowest BCUT2D eigenvalue weighted by molar-refractivity contribution is 0.186. The van der Waals surface area contributed by atoms with Gasteiger partial charge in [-0.25, -0.2) is 28.3 Å². The number of aromatic nitrogens is 3. The lowest BCUT2D eigenvalue weighted by Gasteiger charge is -2.16. The van der Waals surface area contributed by atoms with E-state index in [-0.39, 0.29) is 49.4 Å². The van der Waals surface area contributed by atoms with Gasteiger partial charge in [0.05, 0.1) is 25.1 Å². The van der Waals surface area contributed by atoms with Crippen LogP contribution in [-0.2, 0) is 4.74 Å². The van der Waals surface area contributed by atoms with Crippen LogP contribution in [0.2, 0.25) is 0 Å². The second-order valence-corrected chi connectivity index (χ2v) is 9.03. The van der Waals surface area contributed by atoms with E-state index in [1.807, 2.05) is 0 Å². The van der Waals surface area contributed by atoms with Crippen LogP contribution in [0.15, 0.2) is 36.5 Å². The topological polar surface area (TPSA) is 148 Å². The summed E-state index contributed by atoms with van der Waals surface area (Å²) in [4.78, 5) is 36.9. The molecule has 4 N–H and O–H groups in total. The van der Waals surface area contributed by atoms with Gasteiger partial charge in [0, 0.05) is 29.9 Å². The van der Waals surface area contributed by atoms with Crippen molar-refractivity contribution in [1.82, 2.24) is 20.3 Å². The average molecular weight is 545 g/mol. The predicted molar refractivity (Wildman–Crippen MR) is 141 cm³/mol. The van der Waals surface area contributed by atoms with Crippen LogP contribution in [-0.4, -0.2) is 64.7 Å². The van der Waals surface area contributed by atoms with E-state index < -0.39 is 23.6 Å². The minimum atomic E-state index is -1.46. The maximum Gasteiger partial charge on any atom is 0.412 e. The van der Waals surface area contributed by atoms with Gasteiger partial charge in [-0.2, -0.15) is 4.98 Å². The Morgan fingerprint density at radius 2 is 1.90 bits per heavy atom. The molecule has 11 nitrogen and oxygen atoms in total. The van der Waals surface area contributed by atoms with Crippen molar-refractivity contribution >= 4 is 23.6 Å². The van der Waals surface area contributed by atoms with Crippen LogP contribution in [0.1, 0.15) is 25.8 Å². The number of hydrogen-bond donors (Lipinski definition) is 4. The molecule has 0 saturated carbocycles. The summed E-state index contributed by atoms with van der Waals surface area (Å²) in [5.41, 5.74) is 0.224. The third-order valence-electron chi connectivity index (χ3n) is 5.32. The molecule has 2 heterocycles. The number of benzene rings is 1.